The van der Waals surface area contributed by atoms with Gasteiger partial charge in [0.05, 0.1) is 34.1 Å². The summed E-state index contributed by atoms with van der Waals surface area (Å²) in [5.74, 6) is 3.91. The zero-order chi connectivity index (χ0) is 19.7. The normalized spacial score (nSPS) is 11.0. The predicted octanol–water partition coefficient (Wildman–Crippen LogP) is 4.25. The molecule has 3 N–H and O–H groups in total. The summed E-state index contributed by atoms with van der Waals surface area (Å²) in [5, 5.41) is 12.0. The van der Waals surface area contributed by atoms with Crippen LogP contribution < -0.4 is 24.3 Å². The molecule has 2 aromatic carbocycles. The molecule has 0 atom stereocenters. The molecule has 1 heterocycles. The van der Waals surface area contributed by atoms with E-state index in [1.807, 2.05) is 30.3 Å². The molecule has 0 bridgehead atoms. The Hall–Kier alpha value is -3.48. The number of aromatic amines is 2. The van der Waals surface area contributed by atoms with Crippen LogP contribution in [-0.2, 0) is 6.54 Å². The molecule has 1 aliphatic carbocycles. The fourth-order valence-corrected chi connectivity index (χ4v) is 3.47. The van der Waals surface area contributed by atoms with Crippen molar-refractivity contribution in [1.82, 2.24) is 10.2 Å². The van der Waals surface area contributed by atoms with E-state index < -0.39 is 0 Å². The quantitative estimate of drug-likeness (QED) is 0.446. The Morgan fingerprint density at radius 1 is 0.786 bits per heavy atom. The number of H-pyrrole nitrogens is 2. The molecule has 0 saturated carbocycles. The van der Waals surface area contributed by atoms with Crippen molar-refractivity contribution in [2.45, 2.75) is 6.54 Å². The van der Waals surface area contributed by atoms with Crippen LogP contribution in [0.15, 0.2) is 36.4 Å². The van der Waals surface area contributed by atoms with Gasteiger partial charge < -0.3 is 24.3 Å². The molecule has 2 aromatic rings. The number of methoxy groups -OCH3 is 4. The van der Waals surface area contributed by atoms with Crippen LogP contribution >= 0.6 is 0 Å². The molecule has 28 heavy (non-hydrogen) atoms. The Bertz CT molecular complexity index is 1080. The van der Waals surface area contributed by atoms with Gasteiger partial charge in [-0.25, -0.2) is 0 Å². The molecule has 0 fully saturated rings. The van der Waals surface area contributed by atoms with Crippen LogP contribution in [0.3, 0.4) is 0 Å². The molecule has 4 rings (SSSR count). The van der Waals surface area contributed by atoms with Crippen LogP contribution in [0, 0.1) is 0 Å². The number of rotatable bonds is 7. The zero-order valence-electron chi connectivity index (χ0n) is 16.3. The Kier molecular flexibility index (Phi) is 4.65. The number of ether oxygens (including phenoxy) is 4. The van der Waals surface area contributed by atoms with E-state index in [0.717, 1.165) is 44.9 Å². The molecular formula is C21H23N3O4. The molecule has 0 spiro atoms. The lowest BCUT2D eigenvalue weighted by molar-refractivity contribution is 0.356. The van der Waals surface area contributed by atoms with Crippen LogP contribution in [-0.4, -0.2) is 38.6 Å². The number of benzene rings is 2. The Labute approximate surface area is 162 Å². The van der Waals surface area contributed by atoms with E-state index in [1.54, 1.807) is 28.4 Å². The van der Waals surface area contributed by atoms with Gasteiger partial charge in [0.2, 0.25) is 0 Å². The molecular weight excluding hydrogens is 358 g/mol. The van der Waals surface area contributed by atoms with E-state index in [-0.39, 0.29) is 0 Å². The highest BCUT2D eigenvalue weighted by Crippen LogP contribution is 2.42. The summed E-state index contributed by atoms with van der Waals surface area (Å²) in [6.07, 6.45) is 0. The van der Waals surface area contributed by atoms with Crippen molar-refractivity contribution < 1.29 is 18.9 Å². The largest absolute Gasteiger partial charge is 0.497 e. The van der Waals surface area contributed by atoms with Crippen molar-refractivity contribution in [3.63, 3.8) is 0 Å². The number of aromatic nitrogens is 2. The second kappa shape index (κ2) is 7.26. The third-order valence-electron chi connectivity index (χ3n) is 4.92. The molecule has 7 nitrogen and oxygen atoms in total. The van der Waals surface area contributed by atoms with Gasteiger partial charge in [-0.1, -0.05) is 0 Å². The van der Waals surface area contributed by atoms with E-state index in [1.165, 1.54) is 0 Å². The summed E-state index contributed by atoms with van der Waals surface area (Å²) < 4.78 is 21.6. The highest BCUT2D eigenvalue weighted by atomic mass is 16.5. The first kappa shape index (κ1) is 17.9. The van der Waals surface area contributed by atoms with Crippen LogP contribution in [0.1, 0.15) is 5.56 Å². The van der Waals surface area contributed by atoms with Gasteiger partial charge in [-0.15, -0.1) is 0 Å². The van der Waals surface area contributed by atoms with Crippen LogP contribution in [0.4, 0.5) is 5.82 Å². The predicted molar refractivity (Wildman–Crippen MR) is 109 cm³/mol. The summed E-state index contributed by atoms with van der Waals surface area (Å²) in [4.78, 5) is 0. The van der Waals surface area contributed by atoms with Crippen molar-refractivity contribution >= 4 is 16.6 Å². The standard InChI is InChI=1S/C21H23N3O4/c1-25-14-5-6-17(26-2)13(7-14)11-22-21-16-8-12-9-18(27-3)19(28-4)10-15(12)20(16)23-24-21/h5-10,22-24H,11H2,1-4H3. The van der Waals surface area contributed by atoms with Gasteiger partial charge in [-0.05, 0) is 41.8 Å². The van der Waals surface area contributed by atoms with Crippen LogP contribution in [0.25, 0.3) is 22.0 Å². The van der Waals surface area contributed by atoms with Gasteiger partial charge in [-0.3, -0.25) is 10.2 Å². The molecule has 1 aliphatic heterocycles. The molecule has 2 aliphatic rings. The van der Waals surface area contributed by atoms with Crippen molar-refractivity contribution in [3.8, 4) is 34.3 Å². The van der Waals surface area contributed by atoms with Crippen molar-refractivity contribution in [2.75, 3.05) is 33.8 Å². The second-order valence-corrected chi connectivity index (χ2v) is 6.38. The second-order valence-electron chi connectivity index (χ2n) is 6.38. The first-order valence-corrected chi connectivity index (χ1v) is 8.88. The molecule has 7 heteroatoms. The Morgan fingerprint density at radius 3 is 2.25 bits per heavy atom. The lowest BCUT2D eigenvalue weighted by atomic mass is 10.1. The van der Waals surface area contributed by atoms with Gasteiger partial charge in [-0.2, -0.15) is 0 Å². The average Bonchev–Trinajstić information content (AvgIpc) is 3.29. The summed E-state index contributed by atoms with van der Waals surface area (Å²) in [7, 11) is 6.59. The molecule has 0 radical (unpaired) electrons. The highest BCUT2D eigenvalue weighted by molar-refractivity contribution is 6.05. The maximum atomic E-state index is 5.46. The first-order chi connectivity index (χ1) is 13.7. The molecule has 0 aromatic heterocycles. The summed E-state index contributed by atoms with van der Waals surface area (Å²) in [6, 6.07) is 11.8. The third kappa shape index (κ3) is 2.94. The average molecular weight is 381 g/mol. The van der Waals surface area contributed by atoms with Gasteiger partial charge in [0.25, 0.3) is 0 Å². The summed E-state index contributed by atoms with van der Waals surface area (Å²) >= 11 is 0. The number of fused-ring (bicyclic) bond motifs is 3. The number of anilines is 1. The first-order valence-electron chi connectivity index (χ1n) is 8.88. The summed E-state index contributed by atoms with van der Waals surface area (Å²) in [6.45, 7) is 0.581. The highest BCUT2D eigenvalue weighted by Gasteiger charge is 2.19. The lowest BCUT2D eigenvalue weighted by Gasteiger charge is -2.11. The number of nitrogens with one attached hydrogen (secondary N) is 3. The van der Waals surface area contributed by atoms with E-state index >= 15 is 0 Å². The minimum absolute atomic E-state index is 0.581. The Balaban J connectivity index is 1.65. The van der Waals surface area contributed by atoms with Gasteiger partial charge in [0.15, 0.2) is 11.5 Å². The van der Waals surface area contributed by atoms with Gasteiger partial charge in [0.1, 0.15) is 17.3 Å². The van der Waals surface area contributed by atoms with Gasteiger partial charge in [0, 0.05) is 23.1 Å². The van der Waals surface area contributed by atoms with Crippen molar-refractivity contribution in [2.24, 2.45) is 0 Å². The molecule has 0 unspecified atom stereocenters. The van der Waals surface area contributed by atoms with Crippen molar-refractivity contribution in [3.05, 3.63) is 42.0 Å². The van der Waals surface area contributed by atoms with E-state index in [9.17, 15) is 0 Å². The minimum atomic E-state index is 0.581. The molecule has 0 saturated heterocycles. The minimum Gasteiger partial charge on any atom is -0.497 e. The SMILES string of the molecule is COc1ccc(OC)c(CNc2[nH][nH]c3c4cc(OC)c(OC)cc4cc2-3)c1. The number of hydrogen-bond donors (Lipinski definition) is 3. The summed E-state index contributed by atoms with van der Waals surface area (Å²) in [5.41, 5.74) is 3.08. The number of hydrogen-bond acceptors (Lipinski definition) is 5. The maximum Gasteiger partial charge on any atom is 0.161 e. The van der Waals surface area contributed by atoms with Crippen LogP contribution in [0.2, 0.25) is 0 Å². The molecule has 0 amide bonds. The lowest BCUT2D eigenvalue weighted by Crippen LogP contribution is -2.03. The monoisotopic (exact) mass is 381 g/mol. The Morgan fingerprint density at radius 2 is 1.54 bits per heavy atom. The smallest absolute Gasteiger partial charge is 0.161 e. The molecule has 146 valence electrons. The maximum absolute atomic E-state index is 5.46. The third-order valence-corrected chi connectivity index (χ3v) is 4.92. The van der Waals surface area contributed by atoms with Crippen molar-refractivity contribution in [1.29, 1.82) is 0 Å². The van der Waals surface area contributed by atoms with E-state index in [0.29, 0.717) is 18.0 Å². The van der Waals surface area contributed by atoms with Gasteiger partial charge >= 0.3 is 0 Å². The fraction of sp³-hybridized carbons (Fsp3) is 0.238. The topological polar surface area (TPSA) is 80.5 Å². The van der Waals surface area contributed by atoms with E-state index in [2.05, 4.69) is 21.6 Å². The van der Waals surface area contributed by atoms with E-state index in [4.69, 9.17) is 18.9 Å². The zero-order valence-corrected chi connectivity index (χ0v) is 16.3. The van der Waals surface area contributed by atoms with Crippen LogP contribution in [0.5, 0.6) is 23.0 Å². The fourth-order valence-electron chi connectivity index (χ4n) is 3.47.